The van der Waals surface area contributed by atoms with Crippen molar-refractivity contribution in [2.45, 2.75) is 40.5 Å². The van der Waals surface area contributed by atoms with Crippen LogP contribution < -0.4 is 4.52 Å². The first kappa shape index (κ1) is 16.2. The topological polar surface area (TPSA) is 32.8 Å². The second-order valence-electron chi connectivity index (χ2n) is 7.49. The Bertz CT molecular complexity index is 1360. The first-order chi connectivity index (χ1) is 13.1. The van der Waals surface area contributed by atoms with Gasteiger partial charge in [-0.25, -0.2) is 4.98 Å². The third-order valence-electron chi connectivity index (χ3n) is 5.93. The van der Waals surface area contributed by atoms with E-state index >= 15 is 0 Å². The minimum atomic E-state index is 0.997. The van der Waals surface area contributed by atoms with Gasteiger partial charge in [0.2, 0.25) is 11.0 Å². The van der Waals surface area contributed by atoms with Crippen molar-refractivity contribution in [3.63, 3.8) is 0 Å². The van der Waals surface area contributed by atoms with E-state index in [0.29, 0.717) is 0 Å². The summed E-state index contributed by atoms with van der Waals surface area (Å²) in [6.07, 6.45) is 2.02. The number of aryl methyl sites for hydroxylation is 4. The van der Waals surface area contributed by atoms with Crippen LogP contribution in [0.25, 0.3) is 38.2 Å². The number of para-hydroxylation sites is 1. The van der Waals surface area contributed by atoms with Crippen molar-refractivity contribution >= 4 is 38.2 Å². The lowest BCUT2D eigenvalue weighted by Crippen LogP contribution is -2.30. The first-order valence-corrected chi connectivity index (χ1v) is 9.80. The van der Waals surface area contributed by atoms with Gasteiger partial charge >= 0.3 is 0 Å². The highest BCUT2D eigenvalue weighted by atomic mass is 15.2. The van der Waals surface area contributed by atoms with Gasteiger partial charge in [0.25, 0.3) is 0 Å². The molecule has 5 rings (SSSR count). The van der Waals surface area contributed by atoms with Crippen LogP contribution in [0.15, 0.2) is 42.5 Å². The summed E-state index contributed by atoms with van der Waals surface area (Å²) in [5, 5.41) is 7.39. The monoisotopic (exact) mass is 354 g/mol. The molecular formula is C24H24N3+. The van der Waals surface area contributed by atoms with Gasteiger partial charge in [0, 0.05) is 17.5 Å². The van der Waals surface area contributed by atoms with Crippen molar-refractivity contribution in [2.75, 3.05) is 0 Å². The number of H-pyrrole nitrogens is 1. The number of hydrogen-bond donors (Lipinski definition) is 1. The Labute approximate surface area is 158 Å². The van der Waals surface area contributed by atoms with E-state index in [1.54, 1.807) is 0 Å². The van der Waals surface area contributed by atoms with Crippen LogP contribution in [-0.2, 0) is 12.8 Å². The van der Waals surface area contributed by atoms with Crippen molar-refractivity contribution < 1.29 is 4.52 Å². The minimum Gasteiger partial charge on any atom is -0.247 e. The number of fused-ring (bicyclic) bond motifs is 8. The van der Waals surface area contributed by atoms with Crippen molar-refractivity contribution in [2.24, 2.45) is 0 Å². The number of aromatic amines is 1. The first-order valence-electron chi connectivity index (χ1n) is 9.80. The Morgan fingerprint density at radius 2 is 1.67 bits per heavy atom. The van der Waals surface area contributed by atoms with E-state index in [9.17, 15) is 0 Å². The molecule has 3 aromatic heterocycles. The summed E-state index contributed by atoms with van der Waals surface area (Å²) in [7, 11) is 0. The molecule has 134 valence electrons. The summed E-state index contributed by atoms with van der Waals surface area (Å²) in [6, 6.07) is 15.5. The molecule has 27 heavy (non-hydrogen) atoms. The zero-order valence-corrected chi connectivity index (χ0v) is 16.4. The van der Waals surface area contributed by atoms with Crippen LogP contribution in [0.1, 0.15) is 36.2 Å². The second kappa shape index (κ2) is 5.78. The molecule has 0 spiro atoms. The van der Waals surface area contributed by atoms with Crippen LogP contribution in [-0.4, -0.2) is 10.1 Å². The Hall–Kier alpha value is -2.94. The molecule has 3 nitrogen and oxygen atoms in total. The third-order valence-corrected chi connectivity index (χ3v) is 5.93. The molecule has 0 unspecified atom stereocenters. The van der Waals surface area contributed by atoms with Crippen molar-refractivity contribution in [1.29, 1.82) is 0 Å². The van der Waals surface area contributed by atoms with E-state index < -0.39 is 0 Å². The maximum Gasteiger partial charge on any atom is 0.246 e. The van der Waals surface area contributed by atoms with E-state index in [0.717, 1.165) is 23.9 Å². The zero-order chi connectivity index (χ0) is 18.7. The Balaban J connectivity index is 2.12. The lowest BCUT2D eigenvalue weighted by Gasteiger charge is -2.07. The lowest BCUT2D eigenvalue weighted by molar-refractivity contribution is -0.552. The number of pyridine rings is 1. The maximum atomic E-state index is 5.07. The van der Waals surface area contributed by atoms with Crippen LogP contribution in [0.2, 0.25) is 0 Å². The maximum absolute atomic E-state index is 5.07. The van der Waals surface area contributed by atoms with Gasteiger partial charge in [-0.3, -0.25) is 0 Å². The predicted molar refractivity (Wildman–Crippen MR) is 112 cm³/mol. The van der Waals surface area contributed by atoms with E-state index in [1.807, 2.05) is 0 Å². The molecular weight excluding hydrogens is 330 g/mol. The van der Waals surface area contributed by atoms with E-state index in [1.165, 1.54) is 49.6 Å². The summed E-state index contributed by atoms with van der Waals surface area (Å²) in [6.45, 7) is 8.79. The van der Waals surface area contributed by atoms with Gasteiger partial charge in [0.1, 0.15) is 0 Å². The molecule has 0 saturated heterocycles. The van der Waals surface area contributed by atoms with Crippen LogP contribution in [0.3, 0.4) is 0 Å². The van der Waals surface area contributed by atoms with Gasteiger partial charge in [-0.2, -0.15) is 5.10 Å². The SMILES string of the molecule is CCc1cc2c3c4cc(C)c(C)cc4nc3c3ccccc3[n+]2[nH]c1CC. The Morgan fingerprint density at radius 1 is 0.889 bits per heavy atom. The fourth-order valence-electron chi connectivity index (χ4n) is 4.30. The number of nitrogens with one attached hydrogen (secondary N) is 1. The Kier molecular flexibility index (Phi) is 3.48. The van der Waals surface area contributed by atoms with Gasteiger partial charge in [0.05, 0.1) is 27.5 Å². The van der Waals surface area contributed by atoms with Gasteiger partial charge in [0.15, 0.2) is 0 Å². The van der Waals surface area contributed by atoms with Crippen LogP contribution >= 0.6 is 0 Å². The smallest absolute Gasteiger partial charge is 0.246 e. The van der Waals surface area contributed by atoms with Crippen LogP contribution in [0, 0.1) is 13.8 Å². The molecule has 0 bridgehead atoms. The number of hydrogen-bond acceptors (Lipinski definition) is 1. The molecule has 0 atom stereocenters. The molecule has 0 saturated carbocycles. The van der Waals surface area contributed by atoms with E-state index in [2.05, 4.69) is 79.8 Å². The fourth-order valence-corrected chi connectivity index (χ4v) is 4.30. The molecule has 0 aliphatic heterocycles. The molecule has 0 amide bonds. The highest BCUT2D eigenvalue weighted by molar-refractivity contribution is 6.20. The van der Waals surface area contributed by atoms with Crippen molar-refractivity contribution in [3.05, 3.63) is 64.8 Å². The standard InChI is InChI=1S/C24H23N3/c1-5-16-13-22-23-18-11-14(3)15(4)12-20(18)25-24(23)17-9-7-8-10-21(17)27(22)26-19(16)6-2/h7-13H,5-6H2,1-4H3/p+1. The van der Waals surface area contributed by atoms with Gasteiger partial charge in [-0.05, 0) is 61.6 Å². The van der Waals surface area contributed by atoms with Gasteiger partial charge in [-0.1, -0.05) is 30.5 Å². The molecule has 3 heterocycles. The summed E-state index contributed by atoms with van der Waals surface area (Å²) in [5.74, 6) is 0. The molecule has 5 aromatic rings. The zero-order valence-electron chi connectivity index (χ0n) is 16.4. The third kappa shape index (κ3) is 2.21. The number of nitrogens with zero attached hydrogens (tertiary/aromatic N) is 2. The average molecular weight is 354 g/mol. The summed E-state index contributed by atoms with van der Waals surface area (Å²) in [5.41, 5.74) is 9.86. The van der Waals surface area contributed by atoms with E-state index in [-0.39, 0.29) is 0 Å². The molecule has 2 aromatic carbocycles. The normalized spacial score (nSPS) is 12.0. The second-order valence-corrected chi connectivity index (χ2v) is 7.49. The van der Waals surface area contributed by atoms with Gasteiger partial charge < -0.3 is 0 Å². The summed E-state index contributed by atoms with van der Waals surface area (Å²) >= 11 is 0. The van der Waals surface area contributed by atoms with Crippen LogP contribution in [0.4, 0.5) is 0 Å². The quantitative estimate of drug-likeness (QED) is 0.336. The molecule has 0 fully saturated rings. The molecule has 0 aliphatic rings. The highest BCUT2D eigenvalue weighted by Crippen LogP contribution is 2.34. The summed E-state index contributed by atoms with van der Waals surface area (Å²) in [4.78, 5) is 5.07. The average Bonchev–Trinajstić information content (AvgIpc) is 3.06. The van der Waals surface area contributed by atoms with Crippen molar-refractivity contribution in [1.82, 2.24) is 10.1 Å². The molecule has 3 heteroatoms. The predicted octanol–water partition coefficient (Wildman–Crippen LogP) is 5.35. The molecule has 0 aliphatic carbocycles. The highest BCUT2D eigenvalue weighted by Gasteiger charge is 2.23. The van der Waals surface area contributed by atoms with E-state index in [4.69, 9.17) is 4.98 Å². The minimum absolute atomic E-state index is 0.997. The number of rotatable bonds is 2. The largest absolute Gasteiger partial charge is 0.247 e. The van der Waals surface area contributed by atoms with Gasteiger partial charge in [-0.15, -0.1) is 0 Å². The van der Waals surface area contributed by atoms with Crippen LogP contribution in [0.5, 0.6) is 0 Å². The Morgan fingerprint density at radius 3 is 2.44 bits per heavy atom. The fraction of sp³-hybridized carbons (Fsp3) is 0.250. The molecule has 0 radical (unpaired) electrons. The number of aromatic nitrogens is 3. The number of benzene rings is 2. The summed E-state index contributed by atoms with van der Waals surface area (Å²) < 4.78 is 2.26. The van der Waals surface area contributed by atoms with Crippen molar-refractivity contribution in [3.8, 4) is 0 Å². The lowest BCUT2D eigenvalue weighted by atomic mass is 10.0. The molecule has 1 N–H and O–H groups in total.